The molecule has 0 aliphatic heterocycles. The minimum Gasteiger partial charge on any atom is -0.481 e. The van der Waals surface area contributed by atoms with E-state index in [1.165, 1.54) is 0 Å². The number of nitrogens with one attached hydrogen (secondary N) is 1. The molecule has 4 nitrogen and oxygen atoms in total. The summed E-state index contributed by atoms with van der Waals surface area (Å²) in [5, 5.41) is 12.0. The molecule has 1 amide bonds. The highest BCUT2D eigenvalue weighted by Gasteiger charge is 2.66. The highest BCUT2D eigenvalue weighted by molar-refractivity contribution is 5.91. The number of hydrogen-bond acceptors (Lipinski definition) is 2. The van der Waals surface area contributed by atoms with E-state index < -0.39 is 11.9 Å². The third-order valence-electron chi connectivity index (χ3n) is 4.42. The van der Waals surface area contributed by atoms with Gasteiger partial charge in [0.25, 0.3) is 0 Å². The Kier molecular flexibility index (Phi) is 2.92. The summed E-state index contributed by atoms with van der Waals surface area (Å²) in [6.07, 6.45) is 3.20. The van der Waals surface area contributed by atoms with Crippen molar-refractivity contribution in [3.8, 4) is 0 Å². The lowest BCUT2D eigenvalue weighted by Gasteiger charge is -2.12. The van der Waals surface area contributed by atoms with E-state index in [1.54, 1.807) is 0 Å². The first kappa shape index (κ1) is 12.4. The molecule has 0 aromatic carbocycles. The predicted molar refractivity (Wildman–Crippen MR) is 63.3 cm³/mol. The van der Waals surface area contributed by atoms with Crippen LogP contribution in [0.3, 0.4) is 0 Å². The zero-order valence-electron chi connectivity index (χ0n) is 10.7. The van der Waals surface area contributed by atoms with E-state index in [1.807, 2.05) is 13.8 Å². The van der Waals surface area contributed by atoms with Crippen LogP contribution in [0, 0.1) is 23.2 Å². The summed E-state index contributed by atoms with van der Waals surface area (Å²) in [4.78, 5) is 23.0. The van der Waals surface area contributed by atoms with Crippen LogP contribution in [-0.4, -0.2) is 23.0 Å². The number of hydrogen-bond donors (Lipinski definition) is 2. The molecule has 17 heavy (non-hydrogen) atoms. The SMILES string of the molecule is CC1CCC(NC(=O)[C@H]2[C@@H](C(=O)O)C2(C)C)C1. The van der Waals surface area contributed by atoms with Gasteiger partial charge in [0.15, 0.2) is 0 Å². The molecule has 2 aliphatic carbocycles. The van der Waals surface area contributed by atoms with Gasteiger partial charge in [0.2, 0.25) is 5.91 Å². The molecule has 96 valence electrons. The third kappa shape index (κ3) is 2.17. The van der Waals surface area contributed by atoms with E-state index in [2.05, 4.69) is 12.2 Å². The molecule has 2 saturated carbocycles. The molecular weight excluding hydrogens is 218 g/mol. The van der Waals surface area contributed by atoms with Gasteiger partial charge in [-0.25, -0.2) is 0 Å². The van der Waals surface area contributed by atoms with Crippen LogP contribution in [0.15, 0.2) is 0 Å². The van der Waals surface area contributed by atoms with Crippen molar-refractivity contribution < 1.29 is 14.7 Å². The molecule has 2 unspecified atom stereocenters. The Morgan fingerprint density at radius 3 is 2.29 bits per heavy atom. The van der Waals surface area contributed by atoms with Gasteiger partial charge in [0.05, 0.1) is 11.8 Å². The van der Waals surface area contributed by atoms with Gasteiger partial charge in [-0.3, -0.25) is 9.59 Å². The zero-order chi connectivity index (χ0) is 12.8. The zero-order valence-corrected chi connectivity index (χ0v) is 10.7. The van der Waals surface area contributed by atoms with Gasteiger partial charge in [-0.15, -0.1) is 0 Å². The van der Waals surface area contributed by atoms with Crippen molar-refractivity contribution in [2.75, 3.05) is 0 Å². The number of aliphatic carboxylic acids is 1. The summed E-state index contributed by atoms with van der Waals surface area (Å²) < 4.78 is 0. The van der Waals surface area contributed by atoms with Crippen LogP contribution in [0.1, 0.15) is 40.0 Å². The lowest BCUT2D eigenvalue weighted by molar-refractivity contribution is -0.140. The molecule has 0 spiro atoms. The van der Waals surface area contributed by atoms with Crippen molar-refractivity contribution in [3.05, 3.63) is 0 Å². The first-order valence-corrected chi connectivity index (χ1v) is 6.37. The summed E-state index contributed by atoms with van der Waals surface area (Å²) in [6.45, 7) is 5.90. The highest BCUT2D eigenvalue weighted by atomic mass is 16.4. The highest BCUT2D eigenvalue weighted by Crippen LogP contribution is 2.58. The van der Waals surface area contributed by atoms with Gasteiger partial charge < -0.3 is 10.4 Å². The molecule has 0 aromatic rings. The molecule has 4 heteroatoms. The Morgan fingerprint density at radius 1 is 1.24 bits per heavy atom. The maximum atomic E-state index is 12.0. The normalized spacial score (nSPS) is 38.8. The van der Waals surface area contributed by atoms with Crippen molar-refractivity contribution in [1.82, 2.24) is 5.32 Å². The number of carbonyl (C=O) groups is 2. The Hall–Kier alpha value is -1.06. The fourth-order valence-corrected chi connectivity index (χ4v) is 3.22. The van der Waals surface area contributed by atoms with Gasteiger partial charge >= 0.3 is 5.97 Å². The van der Waals surface area contributed by atoms with Crippen LogP contribution in [0.4, 0.5) is 0 Å². The van der Waals surface area contributed by atoms with Gasteiger partial charge in [0, 0.05) is 6.04 Å². The maximum absolute atomic E-state index is 12.0. The first-order valence-electron chi connectivity index (χ1n) is 6.37. The van der Waals surface area contributed by atoms with Crippen molar-refractivity contribution >= 4 is 11.9 Å². The Labute approximate surface area is 102 Å². The minimum atomic E-state index is -0.852. The average Bonchev–Trinajstić information content (AvgIpc) is 2.54. The lowest BCUT2D eigenvalue weighted by atomic mass is 10.1. The largest absolute Gasteiger partial charge is 0.481 e. The topological polar surface area (TPSA) is 66.4 Å². The van der Waals surface area contributed by atoms with Crippen molar-refractivity contribution in [3.63, 3.8) is 0 Å². The van der Waals surface area contributed by atoms with E-state index in [9.17, 15) is 9.59 Å². The quantitative estimate of drug-likeness (QED) is 0.787. The summed E-state index contributed by atoms with van der Waals surface area (Å²) in [5.41, 5.74) is -0.389. The number of amides is 1. The molecular formula is C13H21NO3. The van der Waals surface area contributed by atoms with E-state index in [0.717, 1.165) is 19.3 Å². The molecule has 2 aliphatic rings. The molecule has 0 aromatic heterocycles. The molecule has 4 atom stereocenters. The van der Waals surface area contributed by atoms with Crippen LogP contribution in [0.25, 0.3) is 0 Å². The van der Waals surface area contributed by atoms with Gasteiger partial charge in [-0.05, 0) is 30.6 Å². The van der Waals surface area contributed by atoms with Crippen molar-refractivity contribution in [2.24, 2.45) is 23.2 Å². The van der Waals surface area contributed by atoms with E-state index in [4.69, 9.17) is 5.11 Å². The standard InChI is InChI=1S/C13H21NO3/c1-7-4-5-8(6-7)14-11(15)9-10(12(16)17)13(9,2)3/h7-10H,4-6H2,1-3H3,(H,14,15)(H,16,17)/t7?,8?,9-,10+/m1/s1. The van der Waals surface area contributed by atoms with Gasteiger partial charge in [-0.2, -0.15) is 0 Å². The smallest absolute Gasteiger partial charge is 0.307 e. The van der Waals surface area contributed by atoms with Crippen LogP contribution in [0.2, 0.25) is 0 Å². The Balaban J connectivity index is 1.92. The summed E-state index contributed by atoms with van der Waals surface area (Å²) in [7, 11) is 0. The Morgan fingerprint density at radius 2 is 1.88 bits per heavy atom. The van der Waals surface area contributed by atoms with Gasteiger partial charge in [0.1, 0.15) is 0 Å². The molecule has 0 heterocycles. The molecule has 0 bridgehead atoms. The number of carboxylic acids is 1. The second-order valence-electron chi connectivity index (χ2n) is 6.24. The maximum Gasteiger partial charge on any atom is 0.307 e. The second-order valence-corrected chi connectivity index (χ2v) is 6.24. The number of carbonyl (C=O) groups excluding carboxylic acids is 1. The van der Waals surface area contributed by atoms with Crippen LogP contribution >= 0.6 is 0 Å². The molecule has 0 radical (unpaired) electrons. The van der Waals surface area contributed by atoms with E-state index in [0.29, 0.717) is 5.92 Å². The van der Waals surface area contributed by atoms with Crippen LogP contribution in [0.5, 0.6) is 0 Å². The van der Waals surface area contributed by atoms with Crippen molar-refractivity contribution in [2.45, 2.75) is 46.1 Å². The molecule has 2 rings (SSSR count). The summed E-state index contributed by atoms with van der Waals surface area (Å²) in [5.74, 6) is -1.11. The van der Waals surface area contributed by atoms with E-state index >= 15 is 0 Å². The molecule has 2 N–H and O–H groups in total. The summed E-state index contributed by atoms with van der Waals surface area (Å²) in [6, 6.07) is 0.253. The van der Waals surface area contributed by atoms with E-state index in [-0.39, 0.29) is 23.3 Å². The van der Waals surface area contributed by atoms with Crippen LogP contribution < -0.4 is 5.32 Å². The predicted octanol–water partition coefficient (Wildman–Crippen LogP) is 1.65. The fraction of sp³-hybridized carbons (Fsp3) is 0.846. The monoisotopic (exact) mass is 239 g/mol. The minimum absolute atomic E-state index is 0.0681. The lowest BCUT2D eigenvalue weighted by Crippen LogP contribution is -2.35. The fourth-order valence-electron chi connectivity index (χ4n) is 3.22. The van der Waals surface area contributed by atoms with Crippen LogP contribution in [-0.2, 0) is 9.59 Å². The molecule has 0 saturated heterocycles. The molecule has 2 fully saturated rings. The van der Waals surface area contributed by atoms with Crippen molar-refractivity contribution in [1.29, 1.82) is 0 Å². The first-order chi connectivity index (χ1) is 7.84. The second kappa shape index (κ2) is 4.00. The number of rotatable bonds is 3. The Bertz CT molecular complexity index is 351. The van der Waals surface area contributed by atoms with Gasteiger partial charge in [-0.1, -0.05) is 20.8 Å². The number of carboxylic acid groups (broad SMARTS) is 1. The summed E-state index contributed by atoms with van der Waals surface area (Å²) >= 11 is 0. The average molecular weight is 239 g/mol. The third-order valence-corrected chi connectivity index (χ3v) is 4.42.